The molecule has 1 saturated heterocycles. The summed E-state index contributed by atoms with van der Waals surface area (Å²) < 4.78 is 0. The van der Waals surface area contributed by atoms with Crippen molar-refractivity contribution in [1.82, 2.24) is 4.90 Å². The van der Waals surface area contributed by atoms with E-state index in [1.54, 1.807) is 0 Å². The molecule has 1 aromatic carbocycles. The molecule has 0 N–H and O–H groups in total. The molecule has 22 heavy (non-hydrogen) atoms. The first kappa shape index (κ1) is 14.9. The van der Waals surface area contributed by atoms with Crippen LogP contribution in [0.3, 0.4) is 0 Å². The molecule has 1 heterocycles. The highest BCUT2D eigenvalue weighted by molar-refractivity contribution is 9.12. The van der Waals surface area contributed by atoms with Crippen molar-refractivity contribution in [3.63, 3.8) is 0 Å². The summed E-state index contributed by atoms with van der Waals surface area (Å²) in [5.74, 6) is 0.377. The fourth-order valence-corrected chi connectivity index (χ4v) is 6.51. The molecular formula is C17H17Br2NO2. The fraction of sp³-hybridized carbons (Fsp3) is 0.529. The molecule has 7 atom stereocenters. The van der Waals surface area contributed by atoms with Crippen molar-refractivity contribution in [3.8, 4) is 0 Å². The lowest BCUT2D eigenvalue weighted by Gasteiger charge is -2.28. The Morgan fingerprint density at radius 2 is 1.50 bits per heavy atom. The van der Waals surface area contributed by atoms with Gasteiger partial charge in [-0.2, -0.15) is 0 Å². The maximum absolute atomic E-state index is 12.9. The minimum absolute atomic E-state index is 0.0303. The molecule has 116 valence electrons. The van der Waals surface area contributed by atoms with Crippen LogP contribution in [0, 0.1) is 23.7 Å². The van der Waals surface area contributed by atoms with Crippen molar-refractivity contribution in [1.29, 1.82) is 0 Å². The van der Waals surface area contributed by atoms with Crippen molar-refractivity contribution in [2.45, 2.75) is 29.0 Å². The lowest BCUT2D eigenvalue weighted by molar-refractivity contribution is -0.143. The number of halogens is 2. The van der Waals surface area contributed by atoms with Gasteiger partial charge in [-0.1, -0.05) is 62.2 Å². The Morgan fingerprint density at radius 3 is 2.00 bits per heavy atom. The number of benzene rings is 1. The Morgan fingerprint density at radius 1 is 1.00 bits per heavy atom. The van der Waals surface area contributed by atoms with Crippen molar-refractivity contribution in [3.05, 3.63) is 35.9 Å². The zero-order valence-corrected chi connectivity index (χ0v) is 15.3. The average molecular weight is 427 g/mol. The van der Waals surface area contributed by atoms with Crippen LogP contribution in [0.4, 0.5) is 0 Å². The molecule has 2 saturated carbocycles. The van der Waals surface area contributed by atoms with Gasteiger partial charge in [0.2, 0.25) is 11.8 Å². The maximum atomic E-state index is 12.9. The maximum Gasteiger partial charge on any atom is 0.233 e. The average Bonchev–Trinajstić information content (AvgIpc) is 3.13. The molecule has 2 bridgehead atoms. The molecule has 0 aromatic heterocycles. The van der Waals surface area contributed by atoms with Crippen LogP contribution in [0.5, 0.6) is 0 Å². The number of amides is 2. The van der Waals surface area contributed by atoms with Gasteiger partial charge in [0, 0.05) is 9.65 Å². The number of hydrogen-bond acceptors (Lipinski definition) is 2. The molecular weight excluding hydrogens is 410 g/mol. The van der Waals surface area contributed by atoms with Gasteiger partial charge in [0.1, 0.15) is 0 Å². The van der Waals surface area contributed by atoms with Gasteiger partial charge in [-0.25, -0.2) is 0 Å². The van der Waals surface area contributed by atoms with E-state index in [9.17, 15) is 9.59 Å². The van der Waals surface area contributed by atoms with Crippen molar-refractivity contribution in [2.75, 3.05) is 0 Å². The SMILES string of the molecule is C[C@H](c1ccccc1)N1C(=O)[C@@H]2[C@H]3C[C@@H]([C@@H](Br)[C@H]3Br)[C@H]2C1=O. The van der Waals surface area contributed by atoms with Crippen LogP contribution in [0.25, 0.3) is 0 Å². The Bertz CT molecular complexity index is 603. The van der Waals surface area contributed by atoms with E-state index in [2.05, 4.69) is 31.9 Å². The van der Waals surface area contributed by atoms with Gasteiger partial charge in [-0.05, 0) is 30.7 Å². The van der Waals surface area contributed by atoms with Crippen LogP contribution in [0.1, 0.15) is 24.9 Å². The molecule has 3 fully saturated rings. The van der Waals surface area contributed by atoms with E-state index in [0.29, 0.717) is 9.65 Å². The van der Waals surface area contributed by atoms with Crippen molar-refractivity contribution in [2.24, 2.45) is 23.7 Å². The summed E-state index contributed by atoms with van der Waals surface area (Å²) >= 11 is 7.44. The summed E-state index contributed by atoms with van der Waals surface area (Å²) in [5.41, 5.74) is 1.02. The van der Waals surface area contributed by atoms with E-state index in [1.165, 1.54) is 4.90 Å². The summed E-state index contributed by atoms with van der Waals surface area (Å²) in [6.07, 6.45) is 0.978. The first-order valence-electron chi connectivity index (χ1n) is 7.72. The zero-order valence-electron chi connectivity index (χ0n) is 12.2. The van der Waals surface area contributed by atoms with Crippen LogP contribution in [0.15, 0.2) is 30.3 Å². The molecule has 0 spiro atoms. The third-order valence-electron chi connectivity index (χ3n) is 5.69. The first-order valence-corrected chi connectivity index (χ1v) is 9.55. The zero-order chi connectivity index (χ0) is 15.6. The van der Waals surface area contributed by atoms with E-state index in [1.807, 2.05) is 37.3 Å². The van der Waals surface area contributed by atoms with E-state index >= 15 is 0 Å². The smallest absolute Gasteiger partial charge is 0.233 e. The minimum atomic E-state index is -0.186. The number of alkyl halides is 2. The van der Waals surface area contributed by atoms with Gasteiger partial charge in [0.15, 0.2) is 0 Å². The fourth-order valence-electron chi connectivity index (χ4n) is 4.63. The lowest BCUT2D eigenvalue weighted by Crippen LogP contribution is -2.37. The number of imide groups is 1. The van der Waals surface area contributed by atoms with Crippen molar-refractivity contribution < 1.29 is 9.59 Å². The number of hydrogen-bond donors (Lipinski definition) is 0. The molecule has 5 heteroatoms. The van der Waals surface area contributed by atoms with E-state index in [4.69, 9.17) is 0 Å². The second kappa shape index (κ2) is 5.17. The van der Waals surface area contributed by atoms with Gasteiger partial charge in [0.25, 0.3) is 0 Å². The number of rotatable bonds is 2. The number of nitrogens with zero attached hydrogens (tertiary/aromatic N) is 1. The third kappa shape index (κ3) is 1.84. The molecule has 0 radical (unpaired) electrons. The van der Waals surface area contributed by atoms with E-state index in [0.717, 1.165) is 12.0 Å². The number of carbonyl (C=O) groups is 2. The summed E-state index contributed by atoms with van der Waals surface area (Å²) in [6.45, 7) is 1.95. The highest BCUT2D eigenvalue weighted by Gasteiger charge is 2.66. The highest BCUT2D eigenvalue weighted by Crippen LogP contribution is 2.60. The van der Waals surface area contributed by atoms with Gasteiger partial charge >= 0.3 is 0 Å². The van der Waals surface area contributed by atoms with Gasteiger partial charge in [-0.15, -0.1) is 0 Å². The predicted molar refractivity (Wildman–Crippen MR) is 90.7 cm³/mol. The normalized spacial score (nSPS) is 41.1. The number of fused-ring (bicyclic) bond motifs is 5. The van der Waals surface area contributed by atoms with E-state index in [-0.39, 0.29) is 41.5 Å². The lowest BCUT2D eigenvalue weighted by atomic mass is 9.81. The second-order valence-electron chi connectivity index (χ2n) is 6.64. The number of likely N-dealkylation sites (tertiary alicyclic amines) is 1. The standard InChI is InChI=1S/C17H17Br2NO2/c1-8(9-5-3-2-4-6-9)20-16(21)12-10-7-11(13(12)17(20)22)15(19)14(10)18/h2-6,8,10-15H,7H2,1H3/t8-,10-,11-,12-,13-,14-,15+/m1/s1. The molecule has 4 rings (SSSR count). The highest BCUT2D eigenvalue weighted by atomic mass is 79.9. The third-order valence-corrected chi connectivity index (χ3v) is 8.90. The van der Waals surface area contributed by atoms with Gasteiger partial charge in [-0.3, -0.25) is 14.5 Å². The Kier molecular flexibility index (Phi) is 3.49. The molecule has 2 aliphatic carbocycles. The number of carbonyl (C=O) groups excluding carboxylic acids is 2. The predicted octanol–water partition coefficient (Wildman–Crippen LogP) is 3.53. The van der Waals surface area contributed by atoms with Crippen molar-refractivity contribution >= 4 is 43.7 Å². The summed E-state index contributed by atoms with van der Waals surface area (Å²) in [4.78, 5) is 28.0. The molecule has 1 aromatic rings. The van der Waals surface area contributed by atoms with Crippen LogP contribution in [-0.2, 0) is 9.59 Å². The van der Waals surface area contributed by atoms with Gasteiger partial charge in [0.05, 0.1) is 17.9 Å². The summed E-state index contributed by atoms with van der Waals surface area (Å²) in [6, 6.07) is 9.62. The topological polar surface area (TPSA) is 37.4 Å². The molecule has 3 nitrogen and oxygen atoms in total. The van der Waals surface area contributed by atoms with Crippen LogP contribution in [-0.4, -0.2) is 26.4 Å². The van der Waals surface area contributed by atoms with E-state index < -0.39 is 0 Å². The Balaban J connectivity index is 1.67. The molecule has 0 unspecified atom stereocenters. The van der Waals surface area contributed by atoms with Crippen LogP contribution >= 0.6 is 31.9 Å². The Hall–Kier alpha value is -0.680. The summed E-state index contributed by atoms with van der Waals surface area (Å²) in [5, 5.41) is 0. The molecule has 2 amide bonds. The first-order chi connectivity index (χ1) is 10.5. The molecule has 1 aliphatic heterocycles. The largest absolute Gasteiger partial charge is 0.275 e. The van der Waals surface area contributed by atoms with Gasteiger partial charge < -0.3 is 0 Å². The van der Waals surface area contributed by atoms with Crippen LogP contribution < -0.4 is 0 Å². The monoisotopic (exact) mass is 425 g/mol. The quantitative estimate of drug-likeness (QED) is 0.535. The Labute approximate surface area is 146 Å². The van der Waals surface area contributed by atoms with Crippen LogP contribution in [0.2, 0.25) is 0 Å². The minimum Gasteiger partial charge on any atom is -0.275 e. The molecule has 3 aliphatic rings. The second-order valence-corrected chi connectivity index (χ2v) is 8.75. The summed E-state index contributed by atoms with van der Waals surface area (Å²) in [7, 11) is 0.